The minimum Gasteiger partial charge on any atom is -0.486 e. The van der Waals surface area contributed by atoms with Gasteiger partial charge in [-0.05, 0) is 42.3 Å². The van der Waals surface area contributed by atoms with Crippen LogP contribution in [0.3, 0.4) is 0 Å². The number of rotatable bonds is 4. The van der Waals surface area contributed by atoms with Gasteiger partial charge in [-0.1, -0.05) is 18.2 Å². The van der Waals surface area contributed by atoms with Crippen LogP contribution in [-0.2, 0) is 16.6 Å². The molecule has 0 radical (unpaired) electrons. The van der Waals surface area contributed by atoms with Crippen molar-refractivity contribution in [3.8, 4) is 11.5 Å². The third kappa shape index (κ3) is 3.08. The van der Waals surface area contributed by atoms with Crippen molar-refractivity contribution in [2.75, 3.05) is 13.2 Å². The van der Waals surface area contributed by atoms with Crippen LogP contribution in [0, 0.1) is 6.92 Å². The van der Waals surface area contributed by atoms with Gasteiger partial charge >= 0.3 is 0 Å². The molecule has 0 aliphatic carbocycles. The summed E-state index contributed by atoms with van der Waals surface area (Å²) in [5, 5.41) is 0. The molecule has 1 aliphatic heterocycles. The average molecular weight is 319 g/mol. The topological polar surface area (TPSA) is 64.6 Å². The van der Waals surface area contributed by atoms with Gasteiger partial charge in [0.2, 0.25) is 10.0 Å². The van der Waals surface area contributed by atoms with Crippen molar-refractivity contribution in [2.45, 2.75) is 18.4 Å². The summed E-state index contributed by atoms with van der Waals surface area (Å²) >= 11 is 0. The molecule has 0 unspecified atom stereocenters. The first kappa shape index (κ1) is 14.9. The normalized spacial score (nSPS) is 13.9. The monoisotopic (exact) mass is 319 g/mol. The molecule has 0 fully saturated rings. The van der Waals surface area contributed by atoms with E-state index in [1.165, 1.54) is 0 Å². The number of hydrogen-bond acceptors (Lipinski definition) is 4. The molecule has 0 atom stereocenters. The molecule has 5 nitrogen and oxygen atoms in total. The van der Waals surface area contributed by atoms with Crippen molar-refractivity contribution in [1.29, 1.82) is 0 Å². The van der Waals surface area contributed by atoms with Crippen molar-refractivity contribution in [2.24, 2.45) is 0 Å². The van der Waals surface area contributed by atoms with Crippen molar-refractivity contribution in [1.82, 2.24) is 4.72 Å². The van der Waals surface area contributed by atoms with Crippen LogP contribution < -0.4 is 14.2 Å². The Morgan fingerprint density at radius 2 is 1.68 bits per heavy atom. The lowest BCUT2D eigenvalue weighted by Gasteiger charge is -2.20. The number of sulfonamides is 1. The van der Waals surface area contributed by atoms with E-state index < -0.39 is 10.0 Å². The molecule has 0 saturated heterocycles. The van der Waals surface area contributed by atoms with Crippen LogP contribution in [0.15, 0.2) is 47.4 Å². The molecular weight excluding hydrogens is 302 g/mol. The third-order valence-electron chi connectivity index (χ3n) is 3.51. The van der Waals surface area contributed by atoms with Gasteiger partial charge in [0.15, 0.2) is 11.5 Å². The van der Waals surface area contributed by atoms with Gasteiger partial charge in [-0.3, -0.25) is 0 Å². The average Bonchev–Trinajstić information content (AvgIpc) is 2.54. The van der Waals surface area contributed by atoms with Gasteiger partial charge in [0, 0.05) is 6.54 Å². The van der Waals surface area contributed by atoms with Crippen LogP contribution in [0.1, 0.15) is 11.1 Å². The van der Waals surface area contributed by atoms with Gasteiger partial charge in [0.25, 0.3) is 0 Å². The van der Waals surface area contributed by atoms with E-state index >= 15 is 0 Å². The standard InChI is InChI=1S/C16H17NO4S/c1-12-9-15-16(21-8-7-20-15)10-13(12)11-17-22(18,19)14-5-3-2-4-6-14/h2-6,9-10,17H,7-8,11H2,1H3. The molecule has 6 heteroatoms. The third-order valence-corrected chi connectivity index (χ3v) is 4.92. The number of fused-ring (bicyclic) bond motifs is 1. The first-order valence-electron chi connectivity index (χ1n) is 7.00. The molecule has 0 spiro atoms. The predicted molar refractivity (Wildman–Crippen MR) is 82.6 cm³/mol. The second-order valence-electron chi connectivity index (χ2n) is 5.06. The van der Waals surface area contributed by atoms with E-state index in [1.807, 2.05) is 19.1 Å². The second-order valence-corrected chi connectivity index (χ2v) is 6.83. The Bertz CT molecular complexity index is 772. The van der Waals surface area contributed by atoms with Gasteiger partial charge in [-0.25, -0.2) is 13.1 Å². The Balaban J connectivity index is 1.79. The molecule has 0 bridgehead atoms. The highest BCUT2D eigenvalue weighted by atomic mass is 32.2. The van der Waals surface area contributed by atoms with E-state index in [-0.39, 0.29) is 11.4 Å². The fourth-order valence-electron chi connectivity index (χ4n) is 2.28. The summed E-state index contributed by atoms with van der Waals surface area (Å²) in [6, 6.07) is 12.0. The Labute approximate surface area is 129 Å². The molecule has 3 rings (SSSR count). The van der Waals surface area contributed by atoms with Crippen molar-refractivity contribution in [3.05, 3.63) is 53.6 Å². The quantitative estimate of drug-likeness (QED) is 0.939. The second kappa shape index (κ2) is 5.98. The number of benzene rings is 2. The lowest BCUT2D eigenvalue weighted by Crippen LogP contribution is -2.24. The Morgan fingerprint density at radius 3 is 2.36 bits per heavy atom. The van der Waals surface area contributed by atoms with Gasteiger partial charge in [-0.15, -0.1) is 0 Å². The first-order chi connectivity index (χ1) is 10.6. The largest absolute Gasteiger partial charge is 0.486 e. The van der Waals surface area contributed by atoms with Crippen LogP contribution in [-0.4, -0.2) is 21.6 Å². The Morgan fingerprint density at radius 1 is 1.05 bits per heavy atom. The van der Waals surface area contributed by atoms with E-state index in [1.54, 1.807) is 30.3 Å². The summed E-state index contributed by atoms with van der Waals surface area (Å²) in [6.07, 6.45) is 0. The van der Waals surface area contributed by atoms with E-state index in [2.05, 4.69) is 4.72 Å². The molecule has 116 valence electrons. The maximum Gasteiger partial charge on any atom is 0.240 e. The van der Waals surface area contributed by atoms with E-state index in [0.717, 1.165) is 11.1 Å². The van der Waals surface area contributed by atoms with Gasteiger partial charge in [0.1, 0.15) is 13.2 Å². The summed E-state index contributed by atoms with van der Waals surface area (Å²) in [5.41, 5.74) is 1.82. The smallest absolute Gasteiger partial charge is 0.240 e. The summed E-state index contributed by atoms with van der Waals surface area (Å²) in [4.78, 5) is 0.255. The minimum atomic E-state index is -3.52. The van der Waals surface area contributed by atoms with Crippen LogP contribution in [0.2, 0.25) is 0 Å². The fourth-order valence-corrected chi connectivity index (χ4v) is 3.31. The van der Waals surface area contributed by atoms with Crippen LogP contribution >= 0.6 is 0 Å². The minimum absolute atomic E-state index is 0.208. The van der Waals surface area contributed by atoms with Crippen LogP contribution in [0.4, 0.5) is 0 Å². The maximum absolute atomic E-state index is 12.2. The molecule has 1 aliphatic rings. The molecule has 2 aromatic rings. The Kier molecular flexibility index (Phi) is 4.04. The maximum atomic E-state index is 12.2. The molecule has 2 aromatic carbocycles. The summed E-state index contributed by atoms with van der Waals surface area (Å²) in [6.45, 7) is 3.17. The van der Waals surface area contributed by atoms with Crippen molar-refractivity contribution < 1.29 is 17.9 Å². The van der Waals surface area contributed by atoms with E-state index in [4.69, 9.17) is 9.47 Å². The van der Waals surface area contributed by atoms with Crippen molar-refractivity contribution in [3.63, 3.8) is 0 Å². The zero-order chi connectivity index (χ0) is 15.6. The first-order valence-corrected chi connectivity index (χ1v) is 8.48. The van der Waals surface area contributed by atoms with Gasteiger partial charge in [-0.2, -0.15) is 0 Å². The zero-order valence-electron chi connectivity index (χ0n) is 12.2. The number of ether oxygens (including phenoxy) is 2. The highest BCUT2D eigenvalue weighted by Crippen LogP contribution is 2.33. The van der Waals surface area contributed by atoms with Crippen LogP contribution in [0.25, 0.3) is 0 Å². The molecule has 1 N–H and O–H groups in total. The SMILES string of the molecule is Cc1cc2c(cc1CNS(=O)(=O)c1ccccc1)OCCO2. The lowest BCUT2D eigenvalue weighted by molar-refractivity contribution is 0.171. The van der Waals surface area contributed by atoms with Gasteiger partial charge in [0.05, 0.1) is 4.90 Å². The van der Waals surface area contributed by atoms with Crippen LogP contribution in [0.5, 0.6) is 11.5 Å². The highest BCUT2D eigenvalue weighted by Gasteiger charge is 2.17. The number of nitrogens with one attached hydrogen (secondary N) is 1. The lowest BCUT2D eigenvalue weighted by atomic mass is 10.1. The number of aryl methyl sites for hydroxylation is 1. The summed E-state index contributed by atoms with van der Waals surface area (Å²) in [7, 11) is -3.52. The van der Waals surface area contributed by atoms with E-state index in [9.17, 15) is 8.42 Å². The van der Waals surface area contributed by atoms with E-state index in [0.29, 0.717) is 24.7 Å². The van der Waals surface area contributed by atoms with Crippen molar-refractivity contribution >= 4 is 10.0 Å². The Hall–Kier alpha value is -2.05. The molecule has 22 heavy (non-hydrogen) atoms. The zero-order valence-corrected chi connectivity index (χ0v) is 13.0. The van der Waals surface area contributed by atoms with Gasteiger partial charge < -0.3 is 9.47 Å². The molecule has 0 aromatic heterocycles. The summed E-state index contributed by atoms with van der Waals surface area (Å²) in [5.74, 6) is 1.36. The molecule has 0 saturated carbocycles. The molecular formula is C16H17NO4S. The highest BCUT2D eigenvalue weighted by molar-refractivity contribution is 7.89. The molecule has 1 heterocycles. The predicted octanol–water partition coefficient (Wildman–Crippen LogP) is 2.24. The number of hydrogen-bond donors (Lipinski definition) is 1. The fraction of sp³-hybridized carbons (Fsp3) is 0.250. The molecule has 0 amide bonds. The summed E-state index contributed by atoms with van der Waals surface area (Å²) < 4.78 is 38.1.